The molecule has 40 heavy (non-hydrogen) atoms. The van der Waals surface area contributed by atoms with Gasteiger partial charge < -0.3 is 10.4 Å². The largest absolute Gasteiger partial charge is 0.416 e. The maximum Gasteiger partial charge on any atom is 0.416 e. The van der Waals surface area contributed by atoms with Gasteiger partial charge >= 0.3 is 11.9 Å². The van der Waals surface area contributed by atoms with E-state index in [9.17, 15) is 27.9 Å². The zero-order chi connectivity index (χ0) is 29.2. The molecule has 0 saturated heterocycles. The minimum Gasteiger partial charge on any atom is -0.382 e. The summed E-state index contributed by atoms with van der Waals surface area (Å²) in [4.78, 5) is 30.2. The van der Waals surface area contributed by atoms with E-state index in [0.717, 1.165) is 9.25 Å². The molecule has 0 spiro atoms. The van der Waals surface area contributed by atoms with Crippen LogP contribution in [0.3, 0.4) is 0 Å². The van der Waals surface area contributed by atoms with Gasteiger partial charge in [0.15, 0.2) is 17.8 Å². The van der Waals surface area contributed by atoms with E-state index in [2.05, 4.69) is 20.5 Å². The molecule has 0 fully saturated rings. The number of rotatable bonds is 9. The number of halogens is 4. The van der Waals surface area contributed by atoms with Crippen molar-refractivity contribution < 1.29 is 23.1 Å². The first-order chi connectivity index (χ1) is 18.8. The van der Waals surface area contributed by atoms with Gasteiger partial charge in [0.25, 0.3) is 5.91 Å². The Bertz CT molecular complexity index is 1540. The minimum absolute atomic E-state index is 0.0699. The maximum atomic E-state index is 13.1. The summed E-state index contributed by atoms with van der Waals surface area (Å²) in [5.74, 6) is -0.0379. The molecule has 1 amide bonds. The van der Waals surface area contributed by atoms with Crippen LogP contribution < -0.4 is 11.0 Å². The van der Waals surface area contributed by atoms with Crippen molar-refractivity contribution >= 4 is 17.5 Å². The van der Waals surface area contributed by atoms with Crippen molar-refractivity contribution in [2.24, 2.45) is 5.92 Å². The number of aromatic nitrogens is 6. The van der Waals surface area contributed by atoms with Gasteiger partial charge in [0.2, 0.25) is 0 Å². The van der Waals surface area contributed by atoms with Crippen molar-refractivity contribution in [1.82, 2.24) is 34.4 Å². The molecule has 2 aromatic heterocycles. The van der Waals surface area contributed by atoms with E-state index in [-0.39, 0.29) is 36.1 Å². The van der Waals surface area contributed by atoms with Crippen LogP contribution in [0.25, 0.3) is 17.1 Å². The number of amides is 1. The summed E-state index contributed by atoms with van der Waals surface area (Å²) in [6.45, 7) is 4.55. The van der Waals surface area contributed by atoms with E-state index >= 15 is 0 Å². The van der Waals surface area contributed by atoms with Crippen molar-refractivity contribution in [2.75, 3.05) is 0 Å². The summed E-state index contributed by atoms with van der Waals surface area (Å²) in [6.07, 6.45) is -6.36. The van der Waals surface area contributed by atoms with Crippen LogP contribution in [0.2, 0.25) is 5.02 Å². The number of carbonyl (C=O) groups excluding carboxylic acids is 1. The Morgan fingerprint density at radius 1 is 1.07 bits per heavy atom. The van der Waals surface area contributed by atoms with Crippen LogP contribution in [-0.4, -0.2) is 58.4 Å². The van der Waals surface area contributed by atoms with E-state index in [1.165, 1.54) is 35.3 Å². The summed E-state index contributed by atoms with van der Waals surface area (Å²) >= 11 is 5.92. The Labute approximate surface area is 232 Å². The van der Waals surface area contributed by atoms with Gasteiger partial charge in [-0.3, -0.25) is 9.36 Å². The lowest BCUT2D eigenvalue weighted by molar-refractivity contribution is -0.207. The Kier molecular flexibility index (Phi) is 8.45. The summed E-state index contributed by atoms with van der Waals surface area (Å²) < 4.78 is 42.4. The average molecular weight is 578 g/mol. The number of carbonyl (C=O) groups is 1. The molecule has 2 heterocycles. The van der Waals surface area contributed by atoms with Crippen LogP contribution in [0.4, 0.5) is 13.2 Å². The second kappa shape index (κ2) is 11.6. The van der Waals surface area contributed by atoms with Crippen molar-refractivity contribution in [1.29, 1.82) is 0 Å². The molecule has 4 rings (SSSR count). The molecule has 0 aliphatic heterocycles. The number of aliphatic hydroxyl groups is 1. The van der Waals surface area contributed by atoms with Crippen LogP contribution in [0.1, 0.15) is 37.0 Å². The molecule has 0 saturated carbocycles. The highest BCUT2D eigenvalue weighted by molar-refractivity contribution is 6.30. The number of nitrogens with one attached hydrogen (secondary N) is 1. The molecular weight excluding hydrogens is 551 g/mol. The van der Waals surface area contributed by atoms with Crippen molar-refractivity contribution in [3.05, 3.63) is 81.8 Å². The Balaban J connectivity index is 1.66. The lowest BCUT2D eigenvalue weighted by atomic mass is 10.1. The summed E-state index contributed by atoms with van der Waals surface area (Å²) in [5.41, 5.74) is 0.234. The average Bonchev–Trinajstić information content (AvgIpc) is 3.49. The van der Waals surface area contributed by atoms with E-state index in [4.69, 9.17) is 11.6 Å². The van der Waals surface area contributed by atoms with Crippen LogP contribution in [0, 0.1) is 5.92 Å². The number of alkyl halides is 3. The molecule has 0 aliphatic carbocycles. The highest BCUT2D eigenvalue weighted by atomic mass is 35.5. The Morgan fingerprint density at radius 2 is 1.75 bits per heavy atom. The van der Waals surface area contributed by atoms with E-state index in [1.807, 2.05) is 20.8 Å². The quantitative estimate of drug-likeness (QED) is 0.313. The molecule has 212 valence electrons. The first-order valence-corrected chi connectivity index (χ1v) is 12.7. The molecule has 0 bridgehead atoms. The fourth-order valence-corrected chi connectivity index (χ4v) is 3.86. The predicted molar refractivity (Wildman–Crippen MR) is 141 cm³/mol. The lowest BCUT2D eigenvalue weighted by Gasteiger charge is -2.18. The minimum atomic E-state index is -4.94. The second-order valence-electron chi connectivity index (χ2n) is 9.57. The van der Waals surface area contributed by atoms with Gasteiger partial charge in [0.05, 0.1) is 17.8 Å². The van der Waals surface area contributed by atoms with Crippen LogP contribution >= 0.6 is 11.6 Å². The Hall–Kier alpha value is -3.97. The van der Waals surface area contributed by atoms with E-state index in [1.54, 1.807) is 24.3 Å². The van der Waals surface area contributed by atoms with Gasteiger partial charge in [-0.15, -0.1) is 10.2 Å². The van der Waals surface area contributed by atoms with Gasteiger partial charge in [0.1, 0.15) is 12.9 Å². The molecule has 10 nitrogen and oxygen atoms in total. The van der Waals surface area contributed by atoms with Crippen LogP contribution in [0.5, 0.6) is 0 Å². The number of nitrogens with zero attached hydrogens (tertiary/aromatic N) is 6. The van der Waals surface area contributed by atoms with Gasteiger partial charge in [-0.2, -0.15) is 13.2 Å². The smallest absolute Gasteiger partial charge is 0.382 e. The fraction of sp³-hybridized carbons (Fsp3) is 0.346. The maximum absolute atomic E-state index is 13.1. The SMILES string of the molecule is CC(C)C(C)NC(=O)c1ccccc1-n1cnc(Cn2nc(-c3ccc(Cl)cc3)n(C[C@H](O)C(F)(F)F)c2=O)n1. The third-order valence-electron chi connectivity index (χ3n) is 6.34. The summed E-state index contributed by atoms with van der Waals surface area (Å²) in [7, 11) is 0. The van der Waals surface area contributed by atoms with Crippen LogP contribution in [-0.2, 0) is 13.1 Å². The molecule has 2 aromatic carbocycles. The first-order valence-electron chi connectivity index (χ1n) is 12.3. The third-order valence-corrected chi connectivity index (χ3v) is 6.60. The van der Waals surface area contributed by atoms with E-state index < -0.39 is 24.5 Å². The standard InChI is InChI=1S/C26H27ClF3N7O3/c1-15(2)16(3)32-24(39)19-6-4-5-7-20(19)37-14-31-22(33-37)13-36-25(40)35(12-21(38)26(28,29)30)23(34-36)17-8-10-18(27)11-9-17/h4-11,14-16,21,38H,12-13H2,1-3H3,(H,32,39)/t16?,21-/m0/s1. The zero-order valence-electron chi connectivity index (χ0n) is 21.8. The van der Waals surface area contributed by atoms with Gasteiger partial charge in [-0.1, -0.05) is 37.6 Å². The normalized spacial score (nSPS) is 13.4. The molecule has 0 aliphatic rings. The molecule has 1 unspecified atom stereocenters. The second-order valence-corrected chi connectivity index (χ2v) is 10.0. The summed E-state index contributed by atoms with van der Waals surface area (Å²) in [6, 6.07) is 12.7. The zero-order valence-corrected chi connectivity index (χ0v) is 22.6. The number of para-hydroxylation sites is 1. The molecule has 0 radical (unpaired) electrons. The predicted octanol–water partition coefficient (Wildman–Crippen LogP) is 3.69. The Morgan fingerprint density at radius 3 is 2.40 bits per heavy atom. The topological polar surface area (TPSA) is 120 Å². The fourth-order valence-electron chi connectivity index (χ4n) is 3.73. The van der Waals surface area contributed by atoms with Gasteiger partial charge in [-0.05, 0) is 49.2 Å². The number of benzene rings is 2. The van der Waals surface area contributed by atoms with E-state index in [0.29, 0.717) is 21.8 Å². The summed E-state index contributed by atoms with van der Waals surface area (Å²) in [5, 5.41) is 21.6. The lowest BCUT2D eigenvalue weighted by Crippen LogP contribution is -2.37. The monoisotopic (exact) mass is 577 g/mol. The van der Waals surface area contributed by atoms with Crippen LogP contribution in [0.15, 0.2) is 59.7 Å². The number of hydrogen-bond acceptors (Lipinski definition) is 6. The molecule has 14 heteroatoms. The number of aliphatic hydroxyl groups excluding tert-OH is 1. The highest BCUT2D eigenvalue weighted by Gasteiger charge is 2.39. The van der Waals surface area contributed by atoms with Gasteiger partial charge in [-0.25, -0.2) is 19.1 Å². The molecular formula is C26H27ClF3N7O3. The molecule has 2 atom stereocenters. The van der Waals surface area contributed by atoms with Gasteiger partial charge in [0, 0.05) is 16.6 Å². The van der Waals surface area contributed by atoms with Crippen molar-refractivity contribution in [3.63, 3.8) is 0 Å². The molecule has 4 aromatic rings. The molecule has 2 N–H and O–H groups in total. The number of hydrogen-bond donors (Lipinski definition) is 2. The van der Waals surface area contributed by atoms with Crippen molar-refractivity contribution in [3.8, 4) is 17.1 Å². The first kappa shape index (κ1) is 29.0. The highest BCUT2D eigenvalue weighted by Crippen LogP contribution is 2.24. The third kappa shape index (κ3) is 6.42. The van der Waals surface area contributed by atoms with Crippen molar-refractivity contribution in [2.45, 2.75) is 52.2 Å².